The highest BCUT2D eigenvalue weighted by Crippen LogP contribution is 2.34. The molecule has 1 amide bonds. The second kappa shape index (κ2) is 8.01. The van der Waals surface area contributed by atoms with Crippen molar-refractivity contribution >= 4 is 11.9 Å². The predicted molar refractivity (Wildman–Crippen MR) is 98.7 cm³/mol. The van der Waals surface area contributed by atoms with Gasteiger partial charge in [0.15, 0.2) is 0 Å². The van der Waals surface area contributed by atoms with Gasteiger partial charge in [0.25, 0.3) is 5.91 Å². The molecule has 1 aromatic heterocycles. The van der Waals surface area contributed by atoms with Crippen molar-refractivity contribution in [3.05, 3.63) is 46.8 Å². The summed E-state index contributed by atoms with van der Waals surface area (Å²) in [5, 5.41) is 0. The van der Waals surface area contributed by atoms with Crippen LogP contribution in [0.4, 0.5) is 0 Å². The van der Waals surface area contributed by atoms with Gasteiger partial charge in [-0.25, -0.2) is 4.79 Å². The van der Waals surface area contributed by atoms with Gasteiger partial charge in [-0.1, -0.05) is 32.4 Å². The van der Waals surface area contributed by atoms with Crippen LogP contribution in [0.2, 0.25) is 0 Å². The predicted octanol–water partition coefficient (Wildman–Crippen LogP) is 3.71. The summed E-state index contributed by atoms with van der Waals surface area (Å²) < 4.78 is 6.95. The van der Waals surface area contributed by atoms with E-state index in [0.29, 0.717) is 11.1 Å². The second-order valence-electron chi connectivity index (χ2n) is 6.12. The highest BCUT2D eigenvalue weighted by molar-refractivity contribution is 6.02. The highest BCUT2D eigenvalue weighted by Gasteiger charge is 2.24. The molecular formula is C20H26N2O3. The summed E-state index contributed by atoms with van der Waals surface area (Å²) in [5.41, 5.74) is 10.6. The van der Waals surface area contributed by atoms with Crippen LogP contribution in [0.3, 0.4) is 0 Å². The molecule has 1 aromatic carbocycles. The van der Waals surface area contributed by atoms with Gasteiger partial charge in [-0.2, -0.15) is 0 Å². The molecule has 134 valence electrons. The molecule has 2 aromatic rings. The molecule has 0 fully saturated rings. The fourth-order valence-electron chi connectivity index (χ4n) is 3.32. The molecule has 5 nitrogen and oxygen atoms in total. The molecule has 25 heavy (non-hydrogen) atoms. The number of nitrogens with zero attached hydrogens (tertiary/aromatic N) is 1. The molecule has 5 heteroatoms. The van der Waals surface area contributed by atoms with Gasteiger partial charge in [-0.15, -0.1) is 0 Å². The Hall–Kier alpha value is -2.56. The maximum Gasteiger partial charge on any atom is 0.337 e. The summed E-state index contributed by atoms with van der Waals surface area (Å²) >= 11 is 0. The minimum Gasteiger partial charge on any atom is -0.465 e. The first kappa shape index (κ1) is 18.8. The molecule has 0 spiro atoms. The van der Waals surface area contributed by atoms with Gasteiger partial charge in [0.2, 0.25) is 0 Å². The van der Waals surface area contributed by atoms with Crippen molar-refractivity contribution in [3.8, 4) is 11.1 Å². The number of hydrogen-bond acceptors (Lipinski definition) is 3. The number of methoxy groups -OCH3 is 1. The largest absolute Gasteiger partial charge is 0.465 e. The summed E-state index contributed by atoms with van der Waals surface area (Å²) in [5.74, 6) is -0.799. The fourth-order valence-corrected chi connectivity index (χ4v) is 3.32. The average Bonchev–Trinajstić information content (AvgIpc) is 2.88. The Balaban J connectivity index is 2.67. The van der Waals surface area contributed by atoms with Gasteiger partial charge >= 0.3 is 5.97 Å². The summed E-state index contributed by atoms with van der Waals surface area (Å²) in [6.45, 7) is 7.03. The number of esters is 1. The van der Waals surface area contributed by atoms with Crippen LogP contribution < -0.4 is 5.73 Å². The van der Waals surface area contributed by atoms with Gasteiger partial charge in [-0.05, 0) is 37.5 Å². The maximum absolute atomic E-state index is 12.1. The molecule has 0 radical (unpaired) electrons. The van der Waals surface area contributed by atoms with Crippen LogP contribution in [-0.2, 0) is 17.7 Å². The molecule has 0 bridgehead atoms. The van der Waals surface area contributed by atoms with E-state index in [1.54, 1.807) is 12.1 Å². The summed E-state index contributed by atoms with van der Waals surface area (Å²) in [7, 11) is 1.36. The molecule has 0 saturated heterocycles. The zero-order valence-electron chi connectivity index (χ0n) is 15.4. The van der Waals surface area contributed by atoms with Crippen molar-refractivity contribution in [2.75, 3.05) is 7.11 Å². The van der Waals surface area contributed by atoms with E-state index < -0.39 is 5.91 Å². The van der Waals surface area contributed by atoms with Crippen molar-refractivity contribution in [3.63, 3.8) is 0 Å². The Morgan fingerprint density at radius 1 is 1.12 bits per heavy atom. The molecule has 0 aliphatic rings. The minimum absolute atomic E-state index is 0.379. The van der Waals surface area contributed by atoms with Crippen molar-refractivity contribution in [1.82, 2.24) is 4.57 Å². The zero-order valence-corrected chi connectivity index (χ0v) is 15.4. The van der Waals surface area contributed by atoms with E-state index in [9.17, 15) is 9.59 Å². The summed E-state index contributed by atoms with van der Waals surface area (Å²) in [6, 6.07) is 7.13. The van der Waals surface area contributed by atoms with Crippen molar-refractivity contribution in [2.45, 2.75) is 46.6 Å². The van der Waals surface area contributed by atoms with E-state index in [0.717, 1.165) is 48.3 Å². The SMILES string of the molecule is CCCc1c(-c2ccc(C(=O)OC)cc2)c(C(N)=O)c(C)n1CCC. The number of hydrogen-bond donors (Lipinski definition) is 1. The first-order valence-corrected chi connectivity index (χ1v) is 8.66. The number of rotatable bonds is 7. The summed E-state index contributed by atoms with van der Waals surface area (Å²) in [4.78, 5) is 23.8. The second-order valence-corrected chi connectivity index (χ2v) is 6.12. The van der Waals surface area contributed by atoms with E-state index in [1.807, 2.05) is 19.1 Å². The monoisotopic (exact) mass is 342 g/mol. The van der Waals surface area contributed by atoms with E-state index in [1.165, 1.54) is 7.11 Å². The standard InChI is InChI=1S/C20H26N2O3/c1-5-7-16-18(14-8-10-15(11-9-14)20(24)25-4)17(19(21)23)13(3)22(16)12-6-2/h8-11H,5-7,12H2,1-4H3,(H2,21,23). The molecule has 2 rings (SSSR count). The van der Waals surface area contributed by atoms with Crippen LogP contribution in [0.1, 0.15) is 58.8 Å². The molecule has 0 saturated carbocycles. The normalized spacial score (nSPS) is 10.7. The third-order valence-corrected chi connectivity index (χ3v) is 4.41. The summed E-state index contributed by atoms with van der Waals surface area (Å²) in [6.07, 6.45) is 2.81. The lowest BCUT2D eigenvalue weighted by molar-refractivity contribution is 0.0600. The maximum atomic E-state index is 12.1. The van der Waals surface area contributed by atoms with E-state index in [4.69, 9.17) is 10.5 Å². The lowest BCUT2D eigenvalue weighted by atomic mass is 9.97. The van der Waals surface area contributed by atoms with Crippen LogP contribution in [-0.4, -0.2) is 23.6 Å². The quantitative estimate of drug-likeness (QED) is 0.779. The van der Waals surface area contributed by atoms with Crippen molar-refractivity contribution in [1.29, 1.82) is 0 Å². The highest BCUT2D eigenvalue weighted by atomic mass is 16.5. The number of aromatic nitrogens is 1. The third-order valence-electron chi connectivity index (χ3n) is 4.41. The minimum atomic E-state index is -0.420. The molecular weight excluding hydrogens is 316 g/mol. The number of nitrogens with two attached hydrogens (primary N) is 1. The smallest absolute Gasteiger partial charge is 0.337 e. The number of primary amides is 1. The van der Waals surface area contributed by atoms with Crippen LogP contribution in [0.15, 0.2) is 24.3 Å². The Bertz CT molecular complexity index is 773. The fraction of sp³-hybridized carbons (Fsp3) is 0.400. The van der Waals surface area contributed by atoms with Crippen LogP contribution in [0, 0.1) is 6.92 Å². The Morgan fingerprint density at radius 2 is 1.76 bits per heavy atom. The Labute approximate surface area is 148 Å². The van der Waals surface area contributed by atoms with Gasteiger partial charge in [0.05, 0.1) is 18.2 Å². The van der Waals surface area contributed by atoms with Gasteiger partial charge < -0.3 is 15.0 Å². The Kier molecular flexibility index (Phi) is 6.02. The number of carbonyl (C=O) groups excluding carboxylic acids is 2. The first-order valence-electron chi connectivity index (χ1n) is 8.66. The Morgan fingerprint density at radius 3 is 2.24 bits per heavy atom. The van der Waals surface area contributed by atoms with Gasteiger partial charge in [0.1, 0.15) is 0 Å². The number of ether oxygens (including phenoxy) is 1. The third kappa shape index (κ3) is 3.60. The number of carbonyl (C=O) groups is 2. The van der Waals surface area contributed by atoms with E-state index in [-0.39, 0.29) is 5.97 Å². The molecule has 1 heterocycles. The first-order chi connectivity index (χ1) is 12.0. The molecule has 0 aliphatic carbocycles. The zero-order chi connectivity index (χ0) is 18.6. The number of amides is 1. The molecule has 0 aliphatic heterocycles. The topological polar surface area (TPSA) is 74.3 Å². The lowest BCUT2D eigenvalue weighted by Crippen LogP contribution is -2.13. The van der Waals surface area contributed by atoms with Crippen LogP contribution >= 0.6 is 0 Å². The molecule has 0 atom stereocenters. The van der Waals surface area contributed by atoms with E-state index in [2.05, 4.69) is 18.4 Å². The van der Waals surface area contributed by atoms with Crippen molar-refractivity contribution < 1.29 is 14.3 Å². The molecule has 0 unspecified atom stereocenters. The number of benzene rings is 1. The molecule has 2 N–H and O–H groups in total. The lowest BCUT2D eigenvalue weighted by Gasteiger charge is -2.12. The average molecular weight is 342 g/mol. The van der Waals surface area contributed by atoms with E-state index >= 15 is 0 Å². The van der Waals surface area contributed by atoms with Crippen molar-refractivity contribution in [2.24, 2.45) is 5.73 Å². The van der Waals surface area contributed by atoms with Gasteiger partial charge in [0, 0.05) is 23.5 Å². The van der Waals surface area contributed by atoms with Crippen LogP contribution in [0.5, 0.6) is 0 Å². The van der Waals surface area contributed by atoms with Crippen LogP contribution in [0.25, 0.3) is 11.1 Å². The van der Waals surface area contributed by atoms with Gasteiger partial charge in [-0.3, -0.25) is 4.79 Å².